The second-order valence-corrected chi connectivity index (χ2v) is 8.48. The van der Waals surface area contributed by atoms with E-state index in [1.54, 1.807) is 42.2 Å². The number of hydrogen-bond donors (Lipinski definition) is 2. The first-order valence-electron chi connectivity index (χ1n) is 11.4. The third-order valence-corrected chi connectivity index (χ3v) is 6.11. The van der Waals surface area contributed by atoms with Crippen LogP contribution < -0.4 is 15.9 Å². The standard InChI is InChI=1S/C24H30N6O4/c1-26-23(31)22(16-6-4-3-5-7-16)30(25)24(32)21-11-10-20(34-21)19-9-8-18(14-27-19)33-15-17-12-13-29(2)28-17/h8-14,16,22H,3-7,15,25H2,1-2H3,(H,26,31)/t22-/m0/s1. The van der Waals surface area contributed by atoms with E-state index in [2.05, 4.69) is 15.4 Å². The number of amides is 2. The molecule has 10 heteroatoms. The molecule has 3 N–H and O–H groups in total. The van der Waals surface area contributed by atoms with Crippen LogP contribution in [0.4, 0.5) is 0 Å². The Hall–Kier alpha value is -3.66. The summed E-state index contributed by atoms with van der Waals surface area (Å²) < 4.78 is 13.2. The van der Waals surface area contributed by atoms with Gasteiger partial charge in [0.05, 0.1) is 11.9 Å². The number of nitrogens with one attached hydrogen (secondary N) is 1. The van der Waals surface area contributed by atoms with Crippen LogP contribution >= 0.6 is 0 Å². The number of nitrogens with two attached hydrogens (primary N) is 1. The fourth-order valence-electron chi connectivity index (χ4n) is 4.32. The second kappa shape index (κ2) is 10.5. The van der Waals surface area contributed by atoms with Gasteiger partial charge in [-0.3, -0.25) is 19.3 Å². The van der Waals surface area contributed by atoms with Crippen LogP contribution in [-0.2, 0) is 18.4 Å². The van der Waals surface area contributed by atoms with Gasteiger partial charge in [0.1, 0.15) is 24.1 Å². The van der Waals surface area contributed by atoms with Crippen molar-refractivity contribution in [2.45, 2.75) is 44.8 Å². The van der Waals surface area contributed by atoms with E-state index in [0.717, 1.165) is 42.8 Å². The summed E-state index contributed by atoms with van der Waals surface area (Å²) in [4.78, 5) is 30.0. The monoisotopic (exact) mass is 466 g/mol. The number of carbonyl (C=O) groups excluding carboxylic acids is 2. The van der Waals surface area contributed by atoms with Gasteiger partial charge in [0.2, 0.25) is 5.91 Å². The topological polar surface area (TPSA) is 129 Å². The van der Waals surface area contributed by atoms with Gasteiger partial charge < -0.3 is 14.5 Å². The lowest BCUT2D eigenvalue weighted by molar-refractivity contribution is -0.127. The molecule has 0 unspecified atom stereocenters. The molecular formula is C24H30N6O4. The Morgan fingerprint density at radius 1 is 1.24 bits per heavy atom. The summed E-state index contributed by atoms with van der Waals surface area (Å²) in [5.74, 6) is 6.46. The molecule has 2 amide bonds. The summed E-state index contributed by atoms with van der Waals surface area (Å²) in [7, 11) is 3.40. The lowest BCUT2D eigenvalue weighted by Crippen LogP contribution is -2.56. The van der Waals surface area contributed by atoms with E-state index in [4.69, 9.17) is 15.0 Å². The molecule has 0 bridgehead atoms. The van der Waals surface area contributed by atoms with Gasteiger partial charge in [0.15, 0.2) is 11.5 Å². The van der Waals surface area contributed by atoms with Gasteiger partial charge in [-0.05, 0) is 49.1 Å². The molecule has 3 heterocycles. The first-order valence-corrected chi connectivity index (χ1v) is 11.4. The van der Waals surface area contributed by atoms with Crippen LogP contribution in [0.2, 0.25) is 0 Å². The largest absolute Gasteiger partial charge is 0.486 e. The Kier molecular flexibility index (Phi) is 7.27. The van der Waals surface area contributed by atoms with Crippen LogP contribution in [0.15, 0.2) is 47.1 Å². The van der Waals surface area contributed by atoms with E-state index in [1.165, 1.54) is 0 Å². The molecule has 1 saturated carbocycles. The van der Waals surface area contributed by atoms with Gasteiger partial charge in [-0.15, -0.1) is 0 Å². The molecule has 0 aromatic carbocycles. The molecule has 1 aliphatic rings. The minimum absolute atomic E-state index is 0.0254. The first kappa shape index (κ1) is 23.5. The van der Waals surface area contributed by atoms with E-state index in [0.29, 0.717) is 23.8 Å². The Labute approximate surface area is 198 Å². The average Bonchev–Trinajstić information content (AvgIpc) is 3.52. The Morgan fingerprint density at radius 3 is 2.68 bits per heavy atom. The van der Waals surface area contributed by atoms with E-state index >= 15 is 0 Å². The smallest absolute Gasteiger partial charge is 0.304 e. The van der Waals surface area contributed by atoms with Crippen LogP contribution in [0.3, 0.4) is 0 Å². The van der Waals surface area contributed by atoms with E-state index in [9.17, 15) is 9.59 Å². The normalized spacial score (nSPS) is 15.0. The molecule has 0 radical (unpaired) electrons. The number of nitrogens with zero attached hydrogens (tertiary/aromatic N) is 4. The van der Waals surface area contributed by atoms with Crippen LogP contribution in [0, 0.1) is 5.92 Å². The summed E-state index contributed by atoms with van der Waals surface area (Å²) in [6.07, 6.45) is 8.35. The van der Waals surface area contributed by atoms with Gasteiger partial charge in [-0.2, -0.15) is 5.10 Å². The average molecular weight is 467 g/mol. The number of carbonyl (C=O) groups is 2. The number of aryl methyl sites for hydroxylation is 1. The zero-order valence-electron chi connectivity index (χ0n) is 19.4. The number of aromatic nitrogens is 3. The van der Waals surface area contributed by atoms with Crippen molar-refractivity contribution in [3.63, 3.8) is 0 Å². The number of likely N-dealkylation sites (N-methyl/N-ethyl adjacent to an activating group) is 1. The fraction of sp³-hybridized carbons (Fsp3) is 0.417. The highest BCUT2D eigenvalue weighted by Gasteiger charge is 2.36. The maximum atomic E-state index is 13.0. The van der Waals surface area contributed by atoms with Crippen molar-refractivity contribution >= 4 is 11.8 Å². The maximum Gasteiger partial charge on any atom is 0.304 e. The van der Waals surface area contributed by atoms with Crippen LogP contribution in [-0.4, -0.2) is 44.7 Å². The Bertz CT molecular complexity index is 1120. The van der Waals surface area contributed by atoms with Crippen molar-refractivity contribution in [1.29, 1.82) is 0 Å². The molecule has 1 aliphatic carbocycles. The van der Waals surface area contributed by atoms with Crippen molar-refractivity contribution in [2.75, 3.05) is 7.05 Å². The lowest BCUT2D eigenvalue weighted by atomic mass is 9.83. The van der Waals surface area contributed by atoms with E-state index in [-0.39, 0.29) is 17.6 Å². The molecule has 4 rings (SSSR count). The van der Waals surface area contributed by atoms with Gasteiger partial charge in [-0.1, -0.05) is 19.3 Å². The lowest BCUT2D eigenvalue weighted by Gasteiger charge is -2.34. The number of hydrazine groups is 1. The Morgan fingerprint density at radius 2 is 2.03 bits per heavy atom. The minimum atomic E-state index is -0.736. The zero-order valence-corrected chi connectivity index (χ0v) is 19.4. The van der Waals surface area contributed by atoms with Gasteiger partial charge in [0, 0.05) is 20.3 Å². The summed E-state index contributed by atoms with van der Waals surface area (Å²) in [5, 5.41) is 7.92. The molecule has 3 aromatic rings. The zero-order chi connectivity index (χ0) is 24.1. The first-order chi connectivity index (χ1) is 16.5. The van der Waals surface area contributed by atoms with Crippen molar-refractivity contribution < 1.29 is 18.7 Å². The predicted molar refractivity (Wildman–Crippen MR) is 124 cm³/mol. The van der Waals surface area contributed by atoms with Crippen molar-refractivity contribution in [3.8, 4) is 17.2 Å². The quantitative estimate of drug-likeness (QED) is 0.297. The predicted octanol–water partition coefficient (Wildman–Crippen LogP) is 2.66. The molecule has 0 aliphatic heterocycles. The maximum absolute atomic E-state index is 13.0. The third kappa shape index (κ3) is 5.28. The molecular weight excluding hydrogens is 436 g/mol. The van der Waals surface area contributed by atoms with Gasteiger partial charge >= 0.3 is 5.91 Å². The van der Waals surface area contributed by atoms with Gasteiger partial charge in [-0.25, -0.2) is 10.8 Å². The van der Waals surface area contributed by atoms with Crippen molar-refractivity contribution in [2.24, 2.45) is 18.8 Å². The number of furan rings is 1. The molecule has 0 spiro atoms. The summed E-state index contributed by atoms with van der Waals surface area (Å²) in [5.41, 5.74) is 1.36. The summed E-state index contributed by atoms with van der Waals surface area (Å²) in [6, 6.07) is 7.87. The van der Waals surface area contributed by atoms with Crippen LogP contribution in [0.25, 0.3) is 11.5 Å². The van der Waals surface area contributed by atoms with Gasteiger partial charge in [0.25, 0.3) is 0 Å². The molecule has 0 saturated heterocycles. The highest BCUT2D eigenvalue weighted by Crippen LogP contribution is 2.30. The summed E-state index contributed by atoms with van der Waals surface area (Å²) in [6.45, 7) is 0.334. The number of pyridine rings is 1. The highest BCUT2D eigenvalue weighted by molar-refractivity contribution is 5.95. The molecule has 1 atom stereocenters. The SMILES string of the molecule is CNC(=O)[C@H](C1CCCCC1)N(N)C(=O)c1ccc(-c2ccc(OCc3ccn(C)n3)cn2)o1. The van der Waals surface area contributed by atoms with E-state index in [1.807, 2.05) is 19.3 Å². The Balaban J connectivity index is 1.43. The highest BCUT2D eigenvalue weighted by atomic mass is 16.5. The second-order valence-electron chi connectivity index (χ2n) is 8.48. The van der Waals surface area contributed by atoms with Crippen molar-refractivity contribution in [1.82, 2.24) is 25.1 Å². The third-order valence-electron chi connectivity index (χ3n) is 6.11. The van der Waals surface area contributed by atoms with Crippen LogP contribution in [0.5, 0.6) is 5.75 Å². The molecule has 180 valence electrons. The van der Waals surface area contributed by atoms with Crippen LogP contribution in [0.1, 0.15) is 48.4 Å². The minimum Gasteiger partial charge on any atom is -0.486 e. The molecule has 34 heavy (non-hydrogen) atoms. The fourth-order valence-corrected chi connectivity index (χ4v) is 4.32. The molecule has 1 fully saturated rings. The number of rotatable bonds is 8. The molecule has 10 nitrogen and oxygen atoms in total. The van der Waals surface area contributed by atoms with E-state index < -0.39 is 11.9 Å². The summed E-state index contributed by atoms with van der Waals surface area (Å²) >= 11 is 0. The number of ether oxygens (including phenoxy) is 1. The number of hydrogen-bond acceptors (Lipinski definition) is 7. The molecule has 3 aromatic heterocycles. The van der Waals surface area contributed by atoms with Crippen molar-refractivity contribution in [3.05, 3.63) is 54.2 Å².